The van der Waals surface area contributed by atoms with Gasteiger partial charge in [0.25, 0.3) is 0 Å². The van der Waals surface area contributed by atoms with Gasteiger partial charge in [0.1, 0.15) is 5.75 Å². The summed E-state index contributed by atoms with van der Waals surface area (Å²) in [6, 6.07) is 26.4. The fourth-order valence-electron chi connectivity index (χ4n) is 3.18. The first-order chi connectivity index (χ1) is 13.7. The van der Waals surface area contributed by atoms with E-state index in [0.29, 0.717) is 5.11 Å². The number of nitrogens with one attached hydrogen (secondary N) is 2. The van der Waals surface area contributed by atoms with Gasteiger partial charge in [-0.3, -0.25) is 5.43 Å². The normalized spacial score (nSPS) is 11.0. The number of rotatable bonds is 4. The molecule has 0 saturated heterocycles. The number of hydrogen-bond donors (Lipinski definition) is 2. The lowest BCUT2D eigenvalue weighted by molar-refractivity contribution is 0.415. The second-order valence-electron chi connectivity index (χ2n) is 6.29. The first-order valence-electron chi connectivity index (χ1n) is 8.89. The van der Waals surface area contributed by atoms with Crippen molar-refractivity contribution in [1.82, 2.24) is 5.43 Å². The van der Waals surface area contributed by atoms with Crippen LogP contribution in [0.2, 0.25) is 0 Å². The molecule has 0 aliphatic heterocycles. The van der Waals surface area contributed by atoms with E-state index in [1.54, 1.807) is 7.11 Å². The summed E-state index contributed by atoms with van der Waals surface area (Å²) in [5, 5.41) is 12.6. The monoisotopic (exact) mass is 385 g/mol. The van der Waals surface area contributed by atoms with Gasteiger partial charge in [-0.25, -0.2) is 0 Å². The van der Waals surface area contributed by atoms with E-state index in [1.807, 2.05) is 54.7 Å². The SMILES string of the molecule is COc1ccc(NC(=S)NN=Cc2c3ccccc3cc3ccccc23)cc1. The summed E-state index contributed by atoms with van der Waals surface area (Å²) in [5.41, 5.74) is 4.82. The molecule has 0 saturated carbocycles. The van der Waals surface area contributed by atoms with Gasteiger partial charge >= 0.3 is 0 Å². The Hall–Kier alpha value is -3.44. The van der Waals surface area contributed by atoms with E-state index in [9.17, 15) is 0 Å². The minimum absolute atomic E-state index is 0.422. The molecule has 0 aliphatic rings. The van der Waals surface area contributed by atoms with E-state index in [-0.39, 0.29) is 0 Å². The summed E-state index contributed by atoms with van der Waals surface area (Å²) >= 11 is 5.34. The number of thiocarbonyl (C=S) groups is 1. The molecule has 0 fully saturated rings. The molecule has 0 amide bonds. The Morgan fingerprint density at radius 1 is 0.893 bits per heavy atom. The average molecular weight is 385 g/mol. The van der Waals surface area contributed by atoms with Crippen LogP contribution in [-0.2, 0) is 0 Å². The van der Waals surface area contributed by atoms with Gasteiger partial charge in [0.2, 0.25) is 0 Å². The first kappa shape index (κ1) is 17.9. The van der Waals surface area contributed by atoms with Crippen LogP contribution in [0.25, 0.3) is 21.5 Å². The van der Waals surface area contributed by atoms with Crippen LogP contribution in [0.5, 0.6) is 5.75 Å². The van der Waals surface area contributed by atoms with E-state index >= 15 is 0 Å². The summed E-state index contributed by atoms with van der Waals surface area (Å²) in [7, 11) is 1.64. The van der Waals surface area contributed by atoms with E-state index in [4.69, 9.17) is 17.0 Å². The molecule has 4 aromatic carbocycles. The minimum Gasteiger partial charge on any atom is -0.497 e. The van der Waals surface area contributed by atoms with Crippen LogP contribution < -0.4 is 15.5 Å². The third-order valence-electron chi connectivity index (χ3n) is 4.52. The highest BCUT2D eigenvalue weighted by Gasteiger charge is 2.05. The van der Waals surface area contributed by atoms with Crippen LogP contribution in [0.4, 0.5) is 5.69 Å². The van der Waals surface area contributed by atoms with Crippen molar-refractivity contribution >= 4 is 50.8 Å². The van der Waals surface area contributed by atoms with Crippen molar-refractivity contribution < 1.29 is 4.74 Å². The Balaban J connectivity index is 1.56. The van der Waals surface area contributed by atoms with Gasteiger partial charge < -0.3 is 10.1 Å². The second kappa shape index (κ2) is 8.06. The molecule has 4 rings (SSSR count). The zero-order valence-corrected chi connectivity index (χ0v) is 16.2. The van der Waals surface area contributed by atoms with Gasteiger partial charge in [-0.2, -0.15) is 5.10 Å². The lowest BCUT2D eigenvalue weighted by atomic mass is 9.97. The molecule has 4 aromatic rings. The van der Waals surface area contributed by atoms with Gasteiger partial charge in [-0.1, -0.05) is 48.5 Å². The smallest absolute Gasteiger partial charge is 0.191 e. The highest BCUT2D eigenvalue weighted by molar-refractivity contribution is 7.80. The van der Waals surface area contributed by atoms with Crippen LogP contribution in [0.3, 0.4) is 0 Å². The highest BCUT2D eigenvalue weighted by Crippen LogP contribution is 2.27. The summed E-state index contributed by atoms with van der Waals surface area (Å²) in [5.74, 6) is 0.797. The molecule has 0 atom stereocenters. The van der Waals surface area contributed by atoms with Gasteiger partial charge in [0.15, 0.2) is 5.11 Å². The number of hydrogen-bond acceptors (Lipinski definition) is 3. The number of hydrazone groups is 1. The molecular formula is C23H19N3OS. The lowest BCUT2D eigenvalue weighted by Crippen LogP contribution is -2.23. The molecule has 0 spiro atoms. The number of anilines is 1. The van der Waals surface area contributed by atoms with Crippen molar-refractivity contribution in [2.45, 2.75) is 0 Å². The fourth-order valence-corrected chi connectivity index (χ4v) is 3.35. The van der Waals surface area contributed by atoms with Crippen LogP contribution in [0.1, 0.15) is 5.56 Å². The Morgan fingerprint density at radius 3 is 2.11 bits per heavy atom. The second-order valence-corrected chi connectivity index (χ2v) is 6.69. The van der Waals surface area contributed by atoms with Crippen LogP contribution in [-0.4, -0.2) is 18.4 Å². The van der Waals surface area contributed by atoms with Crippen molar-refractivity contribution in [2.75, 3.05) is 12.4 Å². The van der Waals surface area contributed by atoms with Gasteiger partial charge in [-0.05, 0) is 64.1 Å². The van der Waals surface area contributed by atoms with Gasteiger partial charge in [0.05, 0.1) is 13.3 Å². The maximum absolute atomic E-state index is 5.34. The van der Waals surface area contributed by atoms with Crippen molar-refractivity contribution in [3.05, 3.63) is 84.4 Å². The maximum atomic E-state index is 5.34. The average Bonchev–Trinajstić information content (AvgIpc) is 2.74. The van der Waals surface area contributed by atoms with E-state index in [0.717, 1.165) is 27.8 Å². The van der Waals surface area contributed by atoms with Crippen LogP contribution in [0, 0.1) is 0 Å². The maximum Gasteiger partial charge on any atom is 0.191 e. The Bertz CT molecular complexity index is 1120. The van der Waals surface area contributed by atoms with Gasteiger partial charge in [-0.15, -0.1) is 0 Å². The number of methoxy groups -OCH3 is 1. The molecule has 138 valence electrons. The zero-order valence-electron chi connectivity index (χ0n) is 15.3. The number of nitrogens with zero attached hydrogens (tertiary/aromatic N) is 1. The summed E-state index contributed by atoms with van der Waals surface area (Å²) in [6.45, 7) is 0. The highest BCUT2D eigenvalue weighted by atomic mass is 32.1. The molecule has 0 aromatic heterocycles. The summed E-state index contributed by atoms with van der Waals surface area (Å²) in [6.07, 6.45) is 1.83. The molecule has 2 N–H and O–H groups in total. The standard InChI is InChI=1S/C23H19N3OS/c1-27-19-12-10-18(11-13-19)25-23(28)26-24-15-22-20-8-4-2-6-16(20)14-17-7-3-5-9-21(17)22/h2-15H,1H3,(H2,25,26,28). The topological polar surface area (TPSA) is 45.6 Å². The minimum atomic E-state index is 0.422. The molecule has 4 nitrogen and oxygen atoms in total. The third-order valence-corrected chi connectivity index (χ3v) is 4.71. The quantitative estimate of drug-likeness (QED) is 0.216. The predicted molar refractivity (Wildman–Crippen MR) is 121 cm³/mol. The molecule has 5 heteroatoms. The molecule has 0 bridgehead atoms. The lowest BCUT2D eigenvalue weighted by Gasteiger charge is -2.09. The van der Waals surface area contributed by atoms with Crippen molar-refractivity contribution in [1.29, 1.82) is 0 Å². The van der Waals surface area contributed by atoms with E-state index in [1.165, 1.54) is 10.8 Å². The zero-order chi connectivity index (χ0) is 19.3. The Kier molecular flexibility index (Phi) is 5.17. The predicted octanol–water partition coefficient (Wildman–Crippen LogP) is 5.32. The number of fused-ring (bicyclic) bond motifs is 2. The van der Waals surface area contributed by atoms with Crippen LogP contribution in [0.15, 0.2) is 84.0 Å². The fraction of sp³-hybridized carbons (Fsp3) is 0.0435. The van der Waals surface area contributed by atoms with Crippen molar-refractivity contribution in [3.63, 3.8) is 0 Å². The van der Waals surface area contributed by atoms with Crippen LogP contribution >= 0.6 is 12.2 Å². The first-order valence-corrected chi connectivity index (χ1v) is 9.30. The molecule has 28 heavy (non-hydrogen) atoms. The summed E-state index contributed by atoms with van der Waals surface area (Å²) < 4.78 is 5.16. The molecule has 0 heterocycles. The number of benzene rings is 4. The number of ether oxygens (including phenoxy) is 1. The van der Waals surface area contributed by atoms with E-state index < -0.39 is 0 Å². The Labute approximate surface area is 168 Å². The molecule has 0 aliphatic carbocycles. The Morgan fingerprint density at radius 2 is 1.50 bits per heavy atom. The van der Waals surface area contributed by atoms with E-state index in [2.05, 4.69) is 46.2 Å². The molecule has 0 unspecified atom stereocenters. The van der Waals surface area contributed by atoms with Gasteiger partial charge in [0, 0.05) is 11.3 Å². The largest absolute Gasteiger partial charge is 0.497 e. The molecule has 0 radical (unpaired) electrons. The third kappa shape index (κ3) is 3.80. The molecular weight excluding hydrogens is 366 g/mol. The van der Waals surface area contributed by atoms with Crippen molar-refractivity contribution in [3.8, 4) is 5.75 Å². The summed E-state index contributed by atoms with van der Waals surface area (Å²) in [4.78, 5) is 0. The van der Waals surface area contributed by atoms with Crippen molar-refractivity contribution in [2.24, 2.45) is 5.10 Å².